The summed E-state index contributed by atoms with van der Waals surface area (Å²) in [4.78, 5) is 43.3. The van der Waals surface area contributed by atoms with Gasteiger partial charge in [-0.15, -0.1) is 0 Å². The third-order valence-corrected chi connectivity index (χ3v) is 5.63. The number of hydrogen-bond acceptors (Lipinski definition) is 8. The molecule has 0 radical (unpaired) electrons. The van der Waals surface area contributed by atoms with Crippen molar-refractivity contribution in [2.24, 2.45) is 4.99 Å². The minimum absolute atomic E-state index is 0.0302. The van der Waals surface area contributed by atoms with E-state index in [4.69, 9.17) is 19.2 Å². The fourth-order valence-electron chi connectivity index (χ4n) is 3.85. The molecule has 3 aromatic carbocycles. The topological polar surface area (TPSA) is 103 Å². The number of methoxy groups -OCH3 is 2. The molecule has 4 rings (SSSR count). The van der Waals surface area contributed by atoms with E-state index in [-0.39, 0.29) is 17.0 Å². The molecule has 1 heterocycles. The van der Waals surface area contributed by atoms with E-state index in [0.717, 1.165) is 6.08 Å². The van der Waals surface area contributed by atoms with Crippen LogP contribution in [0.2, 0.25) is 0 Å². The molecule has 1 unspecified atom stereocenters. The number of hydrogen-bond donors (Lipinski definition) is 1. The number of aliphatic imine (C=N–C) groups is 1. The summed E-state index contributed by atoms with van der Waals surface area (Å²) in [7, 11) is 2.47. The summed E-state index contributed by atoms with van der Waals surface area (Å²) in [6.07, 6.45) is 2.31. The Balaban J connectivity index is 2.03. The number of esters is 3. The van der Waals surface area contributed by atoms with Crippen LogP contribution in [0.1, 0.15) is 21.5 Å². The summed E-state index contributed by atoms with van der Waals surface area (Å²) in [5.74, 6) is -1.80. The smallest absolute Gasteiger partial charge is 0.339 e. The van der Waals surface area contributed by atoms with Crippen LogP contribution in [-0.4, -0.2) is 38.0 Å². The monoisotopic (exact) mass is 496 g/mol. The first kappa shape index (κ1) is 25.1. The summed E-state index contributed by atoms with van der Waals surface area (Å²) in [5, 5.41) is 3.14. The first-order valence-corrected chi connectivity index (χ1v) is 11.3. The van der Waals surface area contributed by atoms with Crippen molar-refractivity contribution in [2.75, 3.05) is 14.2 Å². The summed E-state index contributed by atoms with van der Waals surface area (Å²) >= 11 is 0. The Hall–Kier alpha value is -4.98. The lowest BCUT2D eigenvalue weighted by atomic mass is 9.84. The van der Waals surface area contributed by atoms with Crippen molar-refractivity contribution in [3.05, 3.63) is 131 Å². The molecule has 186 valence electrons. The molecule has 3 aromatic rings. The molecule has 0 aromatic heterocycles. The fraction of sp³-hybridized carbons (Fsp3) is 0.103. The van der Waals surface area contributed by atoms with E-state index in [1.165, 1.54) is 20.3 Å². The number of benzene rings is 3. The molecule has 1 N–H and O–H groups in total. The second-order valence-electron chi connectivity index (χ2n) is 7.89. The fourth-order valence-corrected chi connectivity index (χ4v) is 3.85. The van der Waals surface area contributed by atoms with E-state index in [9.17, 15) is 14.4 Å². The highest BCUT2D eigenvalue weighted by Gasteiger charge is 2.49. The van der Waals surface area contributed by atoms with Crippen molar-refractivity contribution in [3.63, 3.8) is 0 Å². The Morgan fingerprint density at radius 1 is 0.757 bits per heavy atom. The van der Waals surface area contributed by atoms with Crippen LogP contribution < -0.4 is 5.32 Å². The standard InChI is InChI=1S/C29H24N2O6/c1-35-25(32)18-23-29(22-16-10-5-11-17-22,37-28(34)21-14-8-4-9-15-21)24(19-26(33)36-2)31-27(30-23)20-12-6-3-7-13-20/h3-19H,1-2H3,(H,30,31)/b23-18-,24-19+. The summed E-state index contributed by atoms with van der Waals surface area (Å²) in [6, 6.07) is 26.2. The average Bonchev–Trinajstić information content (AvgIpc) is 2.95. The molecular formula is C29H24N2O6. The number of carbonyl (C=O) groups is 3. The number of amidine groups is 1. The van der Waals surface area contributed by atoms with Gasteiger partial charge >= 0.3 is 17.9 Å². The molecule has 0 bridgehead atoms. The maximum atomic E-state index is 13.5. The molecule has 0 aliphatic carbocycles. The molecule has 37 heavy (non-hydrogen) atoms. The van der Waals surface area contributed by atoms with Gasteiger partial charge in [0, 0.05) is 23.3 Å². The molecule has 0 saturated heterocycles. The molecule has 1 aliphatic heterocycles. The largest absolute Gasteiger partial charge is 0.466 e. The first-order valence-electron chi connectivity index (χ1n) is 11.3. The van der Waals surface area contributed by atoms with Gasteiger partial charge in [0.25, 0.3) is 0 Å². The Kier molecular flexibility index (Phi) is 7.59. The summed E-state index contributed by atoms with van der Waals surface area (Å²) in [6.45, 7) is 0. The second kappa shape index (κ2) is 11.2. The van der Waals surface area contributed by atoms with Crippen LogP contribution in [0.3, 0.4) is 0 Å². The minimum atomic E-state index is -1.82. The Morgan fingerprint density at radius 2 is 1.30 bits per heavy atom. The van der Waals surface area contributed by atoms with Crippen molar-refractivity contribution in [2.45, 2.75) is 5.60 Å². The van der Waals surface area contributed by atoms with Crippen LogP contribution in [-0.2, 0) is 29.4 Å². The van der Waals surface area contributed by atoms with Crippen LogP contribution in [0.15, 0.2) is 120 Å². The molecule has 8 heteroatoms. The van der Waals surface area contributed by atoms with Gasteiger partial charge in [-0.2, -0.15) is 0 Å². The zero-order chi connectivity index (χ0) is 26.3. The highest BCUT2D eigenvalue weighted by Crippen LogP contribution is 2.43. The quantitative estimate of drug-likeness (QED) is 0.314. The number of rotatable bonds is 6. The van der Waals surface area contributed by atoms with Crippen molar-refractivity contribution in [1.82, 2.24) is 5.32 Å². The van der Waals surface area contributed by atoms with E-state index in [0.29, 0.717) is 17.0 Å². The Labute approximate surface area is 213 Å². The van der Waals surface area contributed by atoms with E-state index in [1.807, 2.05) is 30.3 Å². The zero-order valence-electron chi connectivity index (χ0n) is 20.2. The molecular weight excluding hydrogens is 472 g/mol. The molecule has 1 aliphatic rings. The van der Waals surface area contributed by atoms with Crippen molar-refractivity contribution in [1.29, 1.82) is 0 Å². The second-order valence-corrected chi connectivity index (χ2v) is 7.89. The van der Waals surface area contributed by atoms with Gasteiger partial charge in [0.1, 0.15) is 11.5 Å². The molecule has 1 atom stereocenters. The predicted molar refractivity (Wildman–Crippen MR) is 136 cm³/mol. The number of nitrogens with zero attached hydrogens (tertiary/aromatic N) is 1. The maximum Gasteiger partial charge on any atom is 0.339 e. The lowest BCUT2D eigenvalue weighted by Gasteiger charge is -2.40. The van der Waals surface area contributed by atoms with Gasteiger partial charge in [0.15, 0.2) is 0 Å². The van der Waals surface area contributed by atoms with Crippen LogP contribution in [0.4, 0.5) is 0 Å². The van der Waals surface area contributed by atoms with E-state index in [2.05, 4.69) is 5.32 Å². The highest BCUT2D eigenvalue weighted by atomic mass is 16.6. The summed E-state index contributed by atoms with van der Waals surface area (Å²) < 4.78 is 16.0. The van der Waals surface area contributed by atoms with E-state index < -0.39 is 23.5 Å². The van der Waals surface area contributed by atoms with Gasteiger partial charge in [-0.3, -0.25) is 0 Å². The van der Waals surface area contributed by atoms with Crippen molar-refractivity contribution in [3.8, 4) is 0 Å². The Morgan fingerprint density at radius 3 is 1.89 bits per heavy atom. The van der Waals surface area contributed by atoms with Gasteiger partial charge in [-0.25, -0.2) is 19.4 Å². The average molecular weight is 497 g/mol. The normalized spacial score (nSPS) is 18.9. The predicted octanol–water partition coefficient (Wildman–Crippen LogP) is 3.90. The minimum Gasteiger partial charge on any atom is -0.466 e. The molecule has 0 fully saturated rings. The van der Waals surface area contributed by atoms with Crippen molar-refractivity contribution < 1.29 is 28.6 Å². The van der Waals surface area contributed by atoms with Gasteiger partial charge in [-0.1, -0.05) is 78.9 Å². The summed E-state index contributed by atoms with van der Waals surface area (Å²) in [5.41, 5.74) is -0.292. The zero-order valence-corrected chi connectivity index (χ0v) is 20.2. The highest BCUT2D eigenvalue weighted by molar-refractivity contribution is 6.03. The lowest BCUT2D eigenvalue weighted by molar-refractivity contribution is -0.135. The van der Waals surface area contributed by atoms with Gasteiger partial charge < -0.3 is 19.5 Å². The Bertz CT molecular complexity index is 1380. The van der Waals surface area contributed by atoms with Crippen LogP contribution in [0.5, 0.6) is 0 Å². The van der Waals surface area contributed by atoms with Crippen molar-refractivity contribution >= 4 is 23.7 Å². The molecule has 0 saturated carbocycles. The van der Waals surface area contributed by atoms with Crippen LogP contribution >= 0.6 is 0 Å². The SMILES string of the molecule is COC(=O)/C=C1\NC(c2ccccc2)=N/C(=C/C(=O)OC)C1(OC(=O)c1ccccc1)c1ccccc1. The first-order chi connectivity index (χ1) is 18.0. The number of nitrogens with one attached hydrogen (secondary N) is 1. The van der Waals surface area contributed by atoms with Gasteiger partial charge in [0.05, 0.1) is 25.5 Å². The van der Waals surface area contributed by atoms with Gasteiger partial charge in [0.2, 0.25) is 5.60 Å². The lowest BCUT2D eigenvalue weighted by Crippen LogP contribution is -2.48. The van der Waals surface area contributed by atoms with Crippen LogP contribution in [0, 0.1) is 0 Å². The molecule has 0 spiro atoms. The number of carbonyl (C=O) groups excluding carboxylic acids is 3. The van der Waals surface area contributed by atoms with Crippen LogP contribution in [0.25, 0.3) is 0 Å². The third-order valence-electron chi connectivity index (χ3n) is 5.63. The molecule has 8 nitrogen and oxygen atoms in total. The third kappa shape index (κ3) is 5.33. The molecule has 0 amide bonds. The van der Waals surface area contributed by atoms with E-state index >= 15 is 0 Å². The maximum absolute atomic E-state index is 13.5. The van der Waals surface area contributed by atoms with Gasteiger partial charge in [-0.05, 0) is 12.1 Å². The number of ether oxygens (including phenoxy) is 3. The van der Waals surface area contributed by atoms with E-state index in [1.54, 1.807) is 60.7 Å².